The van der Waals surface area contributed by atoms with Gasteiger partial charge in [0.15, 0.2) is 0 Å². The van der Waals surface area contributed by atoms with Crippen LogP contribution >= 0.6 is 11.8 Å². The van der Waals surface area contributed by atoms with E-state index in [0.29, 0.717) is 11.4 Å². The number of aliphatic carboxylic acids is 1. The van der Waals surface area contributed by atoms with Crippen LogP contribution in [0.2, 0.25) is 0 Å². The topological polar surface area (TPSA) is 95.1 Å². The molecule has 1 rings (SSSR count). The number of anilines is 1. The first-order chi connectivity index (χ1) is 8.00. The normalized spacial score (nSPS) is 10.2. The molecule has 0 aromatic carbocycles. The van der Waals surface area contributed by atoms with Gasteiger partial charge in [0.05, 0.1) is 29.2 Å². The van der Waals surface area contributed by atoms with Crippen molar-refractivity contribution in [3.63, 3.8) is 0 Å². The summed E-state index contributed by atoms with van der Waals surface area (Å²) < 4.78 is 0. The van der Waals surface area contributed by atoms with Crippen LogP contribution in [0.15, 0.2) is 0 Å². The monoisotopic (exact) mass is 257 g/mol. The molecule has 0 spiro atoms. The van der Waals surface area contributed by atoms with Gasteiger partial charge in [-0.15, -0.1) is 0 Å². The van der Waals surface area contributed by atoms with Gasteiger partial charge in [-0.25, -0.2) is 0 Å². The average molecular weight is 257 g/mol. The van der Waals surface area contributed by atoms with Gasteiger partial charge in [0.2, 0.25) is 5.91 Å². The van der Waals surface area contributed by atoms with Crippen LogP contribution in [0.5, 0.6) is 0 Å². The van der Waals surface area contributed by atoms with Crippen LogP contribution < -0.4 is 5.32 Å². The Morgan fingerprint density at radius 3 is 2.71 bits per heavy atom. The summed E-state index contributed by atoms with van der Waals surface area (Å²) in [7, 11) is 0. The maximum absolute atomic E-state index is 11.5. The predicted octanol–water partition coefficient (Wildman–Crippen LogP) is 1.17. The van der Waals surface area contributed by atoms with E-state index in [2.05, 4.69) is 15.5 Å². The summed E-state index contributed by atoms with van der Waals surface area (Å²) in [6.07, 6.45) is 0.0711. The van der Waals surface area contributed by atoms with Gasteiger partial charge in [-0.2, -0.15) is 16.9 Å². The van der Waals surface area contributed by atoms with E-state index >= 15 is 0 Å². The zero-order chi connectivity index (χ0) is 12.8. The number of aryl methyl sites for hydroxylation is 2. The largest absolute Gasteiger partial charge is 0.481 e. The minimum atomic E-state index is -0.848. The standard InChI is InChI=1S/C10H15N3O3S/c1-6-10(7(2)13-12-6)11-8(14)5-17-4-3-9(15)16/h3-5H2,1-2H3,(H,11,14)(H,12,13)(H,15,16). The van der Waals surface area contributed by atoms with Crippen LogP contribution in [-0.4, -0.2) is 38.7 Å². The van der Waals surface area contributed by atoms with Gasteiger partial charge in [-0.3, -0.25) is 14.7 Å². The second kappa shape index (κ2) is 6.29. The molecule has 3 N–H and O–H groups in total. The third-order valence-electron chi connectivity index (χ3n) is 2.09. The molecule has 0 aliphatic rings. The van der Waals surface area contributed by atoms with Gasteiger partial charge < -0.3 is 10.4 Å². The van der Waals surface area contributed by atoms with Crippen molar-refractivity contribution in [2.75, 3.05) is 16.8 Å². The SMILES string of the molecule is Cc1n[nH]c(C)c1NC(=O)CSCCC(=O)O. The van der Waals surface area contributed by atoms with Crippen molar-refractivity contribution in [2.24, 2.45) is 0 Å². The highest BCUT2D eigenvalue weighted by atomic mass is 32.2. The Morgan fingerprint density at radius 2 is 2.18 bits per heavy atom. The Hall–Kier alpha value is -1.50. The van der Waals surface area contributed by atoms with E-state index in [9.17, 15) is 9.59 Å². The number of aromatic nitrogens is 2. The minimum Gasteiger partial charge on any atom is -0.481 e. The molecule has 0 saturated heterocycles. The van der Waals surface area contributed by atoms with Crippen LogP contribution in [0.3, 0.4) is 0 Å². The second-order valence-electron chi connectivity index (χ2n) is 3.55. The van der Waals surface area contributed by atoms with Crippen molar-refractivity contribution < 1.29 is 14.7 Å². The molecule has 0 aliphatic carbocycles. The highest BCUT2D eigenvalue weighted by Gasteiger charge is 2.10. The Labute approximate surface area is 103 Å². The summed E-state index contributed by atoms with van der Waals surface area (Å²) in [5.74, 6) is -0.309. The van der Waals surface area contributed by atoms with E-state index in [1.807, 2.05) is 6.92 Å². The van der Waals surface area contributed by atoms with Crippen molar-refractivity contribution in [2.45, 2.75) is 20.3 Å². The molecule has 0 aliphatic heterocycles. The average Bonchev–Trinajstić information content (AvgIpc) is 2.56. The van der Waals surface area contributed by atoms with Gasteiger partial charge in [-0.05, 0) is 13.8 Å². The summed E-state index contributed by atoms with van der Waals surface area (Å²) in [5, 5.41) is 17.9. The van der Waals surface area contributed by atoms with Gasteiger partial charge >= 0.3 is 5.97 Å². The quantitative estimate of drug-likeness (QED) is 0.665. The van der Waals surface area contributed by atoms with E-state index in [-0.39, 0.29) is 18.1 Å². The summed E-state index contributed by atoms with van der Waals surface area (Å²) >= 11 is 1.30. The molecule has 1 aromatic heterocycles. The Bertz CT molecular complexity index is 397. The number of carbonyl (C=O) groups excluding carboxylic acids is 1. The maximum Gasteiger partial charge on any atom is 0.304 e. The highest BCUT2D eigenvalue weighted by molar-refractivity contribution is 7.99. The number of carbonyl (C=O) groups is 2. The zero-order valence-electron chi connectivity index (χ0n) is 9.74. The molecular weight excluding hydrogens is 242 g/mol. The number of carboxylic acid groups (broad SMARTS) is 1. The van der Waals surface area contributed by atoms with Crippen LogP contribution in [0.1, 0.15) is 17.8 Å². The lowest BCUT2D eigenvalue weighted by Gasteiger charge is -2.04. The smallest absolute Gasteiger partial charge is 0.304 e. The third kappa shape index (κ3) is 4.48. The lowest BCUT2D eigenvalue weighted by molar-refractivity contribution is -0.136. The molecule has 0 bridgehead atoms. The fourth-order valence-electron chi connectivity index (χ4n) is 1.23. The fraction of sp³-hybridized carbons (Fsp3) is 0.500. The molecule has 0 fully saturated rings. The molecule has 7 heteroatoms. The number of hydrogen-bond acceptors (Lipinski definition) is 4. The highest BCUT2D eigenvalue weighted by Crippen LogP contribution is 2.16. The number of nitrogens with one attached hydrogen (secondary N) is 2. The molecule has 94 valence electrons. The summed E-state index contributed by atoms with van der Waals surface area (Å²) in [6, 6.07) is 0. The van der Waals surface area contributed by atoms with Crippen molar-refractivity contribution >= 4 is 29.3 Å². The molecule has 17 heavy (non-hydrogen) atoms. The predicted molar refractivity (Wildman–Crippen MR) is 66.3 cm³/mol. The fourth-order valence-corrected chi connectivity index (χ4v) is 1.96. The Kier molecular flexibility index (Phi) is 5.02. The summed E-state index contributed by atoms with van der Waals surface area (Å²) in [6.45, 7) is 3.63. The lowest BCUT2D eigenvalue weighted by Crippen LogP contribution is -2.15. The first-order valence-corrected chi connectivity index (χ1v) is 6.27. The summed E-state index contributed by atoms with van der Waals surface area (Å²) in [4.78, 5) is 21.8. The first-order valence-electron chi connectivity index (χ1n) is 5.11. The summed E-state index contributed by atoms with van der Waals surface area (Å²) in [5.41, 5.74) is 2.26. The Morgan fingerprint density at radius 1 is 1.47 bits per heavy atom. The van der Waals surface area contributed by atoms with Crippen molar-refractivity contribution in [1.82, 2.24) is 10.2 Å². The number of aromatic amines is 1. The van der Waals surface area contributed by atoms with Crippen molar-refractivity contribution in [1.29, 1.82) is 0 Å². The van der Waals surface area contributed by atoms with Crippen LogP contribution in [-0.2, 0) is 9.59 Å². The van der Waals surface area contributed by atoms with Crippen molar-refractivity contribution in [3.8, 4) is 0 Å². The number of nitrogens with zero attached hydrogens (tertiary/aromatic N) is 1. The second-order valence-corrected chi connectivity index (χ2v) is 4.66. The van der Waals surface area contributed by atoms with Crippen LogP contribution in [0.4, 0.5) is 5.69 Å². The first kappa shape index (κ1) is 13.6. The minimum absolute atomic E-state index is 0.0711. The number of rotatable bonds is 6. The van der Waals surface area contributed by atoms with Crippen molar-refractivity contribution in [3.05, 3.63) is 11.4 Å². The molecule has 1 heterocycles. The molecule has 0 unspecified atom stereocenters. The zero-order valence-corrected chi connectivity index (χ0v) is 10.6. The van der Waals surface area contributed by atoms with Gasteiger partial charge in [0, 0.05) is 5.75 Å². The third-order valence-corrected chi connectivity index (χ3v) is 3.05. The number of H-pyrrole nitrogens is 1. The number of amides is 1. The van der Waals surface area contributed by atoms with E-state index < -0.39 is 5.97 Å². The molecule has 6 nitrogen and oxygen atoms in total. The van der Waals surface area contributed by atoms with Gasteiger partial charge in [0.25, 0.3) is 0 Å². The molecule has 0 radical (unpaired) electrons. The molecule has 1 amide bonds. The lowest BCUT2D eigenvalue weighted by atomic mass is 10.3. The van der Waals surface area contributed by atoms with E-state index in [0.717, 1.165) is 11.4 Å². The number of thioether (sulfide) groups is 1. The van der Waals surface area contributed by atoms with E-state index in [4.69, 9.17) is 5.11 Å². The molecule has 1 aromatic rings. The van der Waals surface area contributed by atoms with Crippen LogP contribution in [0.25, 0.3) is 0 Å². The van der Waals surface area contributed by atoms with E-state index in [1.54, 1.807) is 6.92 Å². The maximum atomic E-state index is 11.5. The van der Waals surface area contributed by atoms with Crippen LogP contribution in [0, 0.1) is 13.8 Å². The molecular formula is C10H15N3O3S. The van der Waals surface area contributed by atoms with E-state index in [1.165, 1.54) is 11.8 Å². The Balaban J connectivity index is 2.33. The van der Waals surface area contributed by atoms with Gasteiger partial charge in [-0.1, -0.05) is 0 Å². The van der Waals surface area contributed by atoms with Gasteiger partial charge in [0.1, 0.15) is 0 Å². The number of hydrogen-bond donors (Lipinski definition) is 3. The molecule has 0 atom stereocenters. The molecule has 0 saturated carbocycles. The number of carboxylic acids is 1.